The smallest absolute Gasteiger partial charge is 0.415 e. The predicted molar refractivity (Wildman–Crippen MR) is 145 cm³/mol. The number of nitrogens with one attached hydrogen (secondary N) is 4. The maximum absolute atomic E-state index is 11.4. The van der Waals surface area contributed by atoms with Crippen molar-refractivity contribution in [2.24, 2.45) is 5.73 Å². The zero-order valence-corrected chi connectivity index (χ0v) is 22.3. The van der Waals surface area contributed by atoms with Crippen molar-refractivity contribution >= 4 is 47.5 Å². The van der Waals surface area contributed by atoms with Gasteiger partial charge in [-0.2, -0.15) is 0 Å². The quantitative estimate of drug-likeness (QED) is 0.0586. The Hall–Kier alpha value is -4.12. The first-order valence-electron chi connectivity index (χ1n) is 11.7. The number of hydrogen-bond acceptors (Lipinski definition) is 13. The normalized spacial score (nSPS) is 12.2. The van der Waals surface area contributed by atoms with Crippen molar-refractivity contribution in [3.8, 4) is 0 Å². The van der Waals surface area contributed by atoms with Crippen molar-refractivity contribution < 1.29 is 57.7 Å². The lowest BCUT2D eigenvalue weighted by molar-refractivity contribution is -0.152. The first-order valence-corrected chi connectivity index (χ1v) is 11.7. The van der Waals surface area contributed by atoms with Crippen LogP contribution >= 0.6 is 0 Å². The zero-order chi connectivity index (χ0) is 30.4. The van der Waals surface area contributed by atoms with E-state index in [1.165, 1.54) is 27.7 Å². The van der Waals surface area contributed by atoms with E-state index in [4.69, 9.17) is 10.8 Å². The van der Waals surface area contributed by atoms with E-state index >= 15 is 0 Å². The van der Waals surface area contributed by atoms with E-state index in [0.717, 1.165) is 0 Å². The molecule has 238 valence electrons. The minimum absolute atomic E-state index is 0. The largest absolute Gasteiger partial charge is 0.453 e. The van der Waals surface area contributed by atoms with Gasteiger partial charge in [-0.25, -0.2) is 9.59 Å². The molecule has 0 unspecified atom stereocenters. The molecule has 0 spiro atoms. The average molecular weight is 596 g/mol. The number of cyclic esters (lactones) is 2. The Morgan fingerprint density at radius 3 is 1.76 bits per heavy atom. The van der Waals surface area contributed by atoms with E-state index in [9.17, 15) is 38.4 Å². The van der Waals surface area contributed by atoms with E-state index in [-0.39, 0.29) is 52.6 Å². The topological polar surface area (TPSA) is 259 Å². The van der Waals surface area contributed by atoms with Gasteiger partial charge >= 0.3 is 24.0 Å². The molecule has 41 heavy (non-hydrogen) atoms. The minimum Gasteiger partial charge on any atom is -0.453 e. The van der Waals surface area contributed by atoms with Crippen LogP contribution in [0, 0.1) is 0 Å². The lowest BCUT2D eigenvalue weighted by Gasteiger charge is -2.11. The lowest BCUT2D eigenvalue weighted by atomic mass is 10.2. The third kappa shape index (κ3) is 27.2. The van der Waals surface area contributed by atoms with Crippen LogP contribution in [0.1, 0.15) is 55.4 Å². The highest BCUT2D eigenvalue weighted by atomic mass is 16.6. The van der Waals surface area contributed by atoms with Gasteiger partial charge < -0.3 is 46.3 Å². The van der Waals surface area contributed by atoms with E-state index in [1.54, 1.807) is 0 Å². The highest BCUT2D eigenvalue weighted by Crippen LogP contribution is 1.94. The number of esters is 3. The van der Waals surface area contributed by atoms with E-state index < -0.39 is 54.6 Å². The summed E-state index contributed by atoms with van der Waals surface area (Å²) >= 11 is 0. The van der Waals surface area contributed by atoms with Gasteiger partial charge in [0.15, 0.2) is 18.0 Å². The van der Waals surface area contributed by atoms with Crippen molar-refractivity contribution in [2.75, 3.05) is 39.3 Å². The van der Waals surface area contributed by atoms with Crippen LogP contribution in [-0.2, 0) is 47.8 Å². The molecule has 0 saturated carbocycles. The summed E-state index contributed by atoms with van der Waals surface area (Å²) in [6, 6.07) is 0. The van der Waals surface area contributed by atoms with Crippen LogP contribution in [-0.4, -0.2) is 104 Å². The van der Waals surface area contributed by atoms with Gasteiger partial charge in [0.1, 0.15) is 13.2 Å². The van der Waals surface area contributed by atoms with Gasteiger partial charge in [-0.05, 0) is 20.3 Å². The number of hydrogen-bond donors (Lipinski definition) is 6. The van der Waals surface area contributed by atoms with Crippen molar-refractivity contribution in [1.29, 1.82) is 0 Å². The van der Waals surface area contributed by atoms with Crippen LogP contribution in [0.25, 0.3) is 0 Å². The van der Waals surface area contributed by atoms with Gasteiger partial charge in [-0.1, -0.05) is 14.9 Å². The maximum atomic E-state index is 11.4. The molecule has 17 nitrogen and oxygen atoms in total. The number of Topliss-reactive ketones (excluding diaryl/α,β-unsaturated/α-hetero) is 1. The van der Waals surface area contributed by atoms with Crippen LogP contribution in [0.3, 0.4) is 0 Å². The van der Waals surface area contributed by atoms with Crippen LogP contribution in [0.4, 0.5) is 4.79 Å². The van der Waals surface area contributed by atoms with Crippen LogP contribution in [0.15, 0.2) is 0 Å². The molecular formula is C24H45N5O12. The molecule has 1 saturated heterocycles. The SMILES string of the molecule is C.C.CC(=O)O[C@@H](C)C(=O)NCCCC(=O)CNC(=O)CO.CC(=O)O[C@@H](C)C(=O)NCCN.O=C1CNC(=O)O1. The monoisotopic (exact) mass is 595 g/mol. The molecule has 1 heterocycles. The first kappa shape index (κ1) is 43.9. The number of carbonyl (C=O) groups is 8. The number of carbonyl (C=O) groups excluding carboxylic acids is 8. The molecule has 1 aliphatic rings. The number of rotatable bonds is 13. The molecule has 2 atom stereocenters. The Morgan fingerprint density at radius 1 is 0.927 bits per heavy atom. The summed E-state index contributed by atoms with van der Waals surface area (Å²) in [4.78, 5) is 85.3. The van der Waals surface area contributed by atoms with Crippen LogP contribution < -0.4 is 27.0 Å². The van der Waals surface area contributed by atoms with Crippen molar-refractivity contribution in [3.05, 3.63) is 0 Å². The molecule has 0 aromatic carbocycles. The van der Waals surface area contributed by atoms with E-state index in [1.807, 2.05) is 0 Å². The Bertz CT molecular complexity index is 852. The van der Waals surface area contributed by atoms with Crippen LogP contribution in [0.2, 0.25) is 0 Å². The number of alkyl carbamates (subject to hydrolysis) is 1. The first-order chi connectivity index (χ1) is 18.2. The molecule has 0 aliphatic carbocycles. The van der Waals surface area contributed by atoms with Gasteiger partial charge in [-0.15, -0.1) is 0 Å². The Morgan fingerprint density at radius 2 is 1.41 bits per heavy atom. The molecule has 1 fully saturated rings. The van der Waals surface area contributed by atoms with Gasteiger partial charge in [0.25, 0.3) is 11.8 Å². The molecule has 7 N–H and O–H groups in total. The third-order valence-corrected chi connectivity index (χ3v) is 4.01. The summed E-state index contributed by atoms with van der Waals surface area (Å²) in [5.41, 5.74) is 5.16. The van der Waals surface area contributed by atoms with Gasteiger partial charge in [0, 0.05) is 39.9 Å². The Kier molecular flexibility index (Phi) is 28.0. The van der Waals surface area contributed by atoms with E-state index in [0.29, 0.717) is 19.5 Å². The second-order valence-corrected chi connectivity index (χ2v) is 7.57. The fourth-order valence-corrected chi connectivity index (χ4v) is 2.25. The molecule has 17 heteroatoms. The fraction of sp³-hybridized carbons (Fsp3) is 0.667. The minimum atomic E-state index is -0.868. The zero-order valence-electron chi connectivity index (χ0n) is 22.3. The highest BCUT2D eigenvalue weighted by Gasteiger charge is 2.18. The fourth-order valence-electron chi connectivity index (χ4n) is 2.25. The number of ether oxygens (including phenoxy) is 3. The van der Waals surface area contributed by atoms with Gasteiger partial charge in [0.2, 0.25) is 5.91 Å². The van der Waals surface area contributed by atoms with Crippen LogP contribution in [0.5, 0.6) is 0 Å². The van der Waals surface area contributed by atoms with Crippen molar-refractivity contribution in [1.82, 2.24) is 21.3 Å². The molecule has 0 radical (unpaired) electrons. The number of ketones is 1. The van der Waals surface area contributed by atoms with Crippen molar-refractivity contribution in [2.45, 2.75) is 67.6 Å². The maximum Gasteiger partial charge on any atom is 0.415 e. The number of nitrogens with two attached hydrogens (primary N) is 1. The van der Waals surface area contributed by atoms with E-state index in [2.05, 4.69) is 35.5 Å². The Labute approximate surface area is 239 Å². The summed E-state index contributed by atoms with van der Waals surface area (Å²) in [6.07, 6.45) is -1.66. The lowest BCUT2D eigenvalue weighted by Crippen LogP contribution is -2.37. The number of amides is 4. The third-order valence-electron chi connectivity index (χ3n) is 4.01. The molecule has 0 aromatic heterocycles. The summed E-state index contributed by atoms with van der Waals surface area (Å²) in [5, 5.41) is 17.8. The number of aliphatic hydroxyl groups excluding tert-OH is 1. The Balaban J connectivity index is -0.000000276. The predicted octanol–water partition coefficient (Wildman–Crippen LogP) is -1.95. The second kappa shape index (κ2) is 26.1. The standard InChI is InChI=1S/C12H20N2O6.C7H14N2O3.C3H3NO3.2CH4/c1-8(20-9(2)16)12(19)13-5-3-4-10(17)6-14-11(18)7-15;1-5(12-6(2)10)7(11)9-4-3-8;5-2-1-4-3(6)7-2;;/h8,15H,3-7H2,1-2H3,(H,13,19)(H,14,18);5H,3-4,8H2,1-2H3,(H,9,11);1H2,(H,4,6);2*1H4/t8-;5-;;;/m00.../s1. The molecule has 1 rings (SSSR count). The molecule has 1 aliphatic heterocycles. The second-order valence-electron chi connectivity index (χ2n) is 7.57. The summed E-state index contributed by atoms with van der Waals surface area (Å²) < 4.78 is 13.3. The average Bonchev–Trinajstić information content (AvgIpc) is 3.25. The molecular weight excluding hydrogens is 550 g/mol. The molecule has 4 amide bonds. The summed E-state index contributed by atoms with van der Waals surface area (Å²) in [7, 11) is 0. The highest BCUT2D eigenvalue weighted by molar-refractivity contribution is 5.92. The van der Waals surface area contributed by atoms with Gasteiger partial charge in [0.05, 0.1) is 6.54 Å². The summed E-state index contributed by atoms with van der Waals surface area (Å²) in [6.45, 7) is 5.68. The summed E-state index contributed by atoms with van der Waals surface area (Å²) in [5.74, 6) is -3.08. The van der Waals surface area contributed by atoms with Crippen molar-refractivity contribution in [3.63, 3.8) is 0 Å². The van der Waals surface area contributed by atoms with Gasteiger partial charge in [-0.3, -0.25) is 28.8 Å². The molecule has 0 bridgehead atoms. The molecule has 0 aromatic rings. The number of aliphatic hydroxyl groups is 1.